The van der Waals surface area contributed by atoms with E-state index in [0.717, 1.165) is 11.3 Å². The van der Waals surface area contributed by atoms with Gasteiger partial charge in [-0.15, -0.1) is 12.6 Å². The second kappa shape index (κ2) is 5.54. The van der Waals surface area contributed by atoms with Crippen molar-refractivity contribution in [2.75, 3.05) is 0 Å². The average molecular weight is 157 g/mol. The van der Waals surface area contributed by atoms with Crippen molar-refractivity contribution in [3.8, 4) is 0 Å². The minimum Gasteiger partial charge on any atom is -0.268 e. The van der Waals surface area contributed by atoms with Crippen LogP contribution >= 0.6 is 12.6 Å². The Morgan fingerprint density at radius 1 is 1.60 bits per heavy atom. The predicted molar refractivity (Wildman–Crippen MR) is 50.7 cm³/mol. The molecule has 0 aromatic heterocycles. The molecule has 0 aliphatic rings. The van der Waals surface area contributed by atoms with Crippen LogP contribution < -0.4 is 0 Å². The highest BCUT2D eigenvalue weighted by molar-refractivity contribution is 7.84. The van der Waals surface area contributed by atoms with Crippen LogP contribution in [0.5, 0.6) is 0 Å². The van der Waals surface area contributed by atoms with E-state index in [9.17, 15) is 0 Å². The minimum atomic E-state index is 0.484. The molecule has 0 N–H and O–H groups in total. The quantitative estimate of drug-likeness (QED) is 0.478. The molecule has 0 heterocycles. The van der Waals surface area contributed by atoms with Crippen molar-refractivity contribution < 1.29 is 0 Å². The number of thiol groups is 1. The fraction of sp³-hybridized carbons (Fsp3) is 0.625. The summed E-state index contributed by atoms with van der Waals surface area (Å²) in [6.45, 7) is 6.26. The van der Waals surface area contributed by atoms with E-state index in [1.165, 1.54) is 0 Å². The molecule has 10 heavy (non-hydrogen) atoms. The third-order valence-corrected chi connectivity index (χ3v) is 1.72. The van der Waals surface area contributed by atoms with Gasteiger partial charge >= 0.3 is 0 Å². The van der Waals surface area contributed by atoms with Crippen LogP contribution in [0, 0.1) is 5.92 Å². The summed E-state index contributed by atoms with van der Waals surface area (Å²) in [7, 11) is 0. The molecule has 0 fully saturated rings. The Balaban J connectivity index is 3.79. The lowest BCUT2D eigenvalue weighted by Crippen LogP contribution is -1.84. The molecule has 0 aromatic carbocycles. The summed E-state index contributed by atoms with van der Waals surface area (Å²) in [6, 6.07) is 0. The number of allylic oxidation sites excluding steroid dienone is 1. The lowest BCUT2D eigenvalue weighted by Gasteiger charge is -1.99. The number of aliphatic imine (C=N–C) groups is 1. The van der Waals surface area contributed by atoms with Crippen LogP contribution in [0.1, 0.15) is 27.2 Å². The van der Waals surface area contributed by atoms with Gasteiger partial charge in [0.15, 0.2) is 0 Å². The minimum absolute atomic E-state index is 0.484. The van der Waals surface area contributed by atoms with Gasteiger partial charge < -0.3 is 0 Å². The Hall–Kier alpha value is -0.240. The first-order chi connectivity index (χ1) is 4.68. The summed E-state index contributed by atoms with van der Waals surface area (Å²) in [4.78, 5) is 5.08. The van der Waals surface area contributed by atoms with Crippen LogP contribution in [-0.2, 0) is 0 Å². The van der Waals surface area contributed by atoms with Crippen LogP contribution in [0.15, 0.2) is 16.1 Å². The molecular weight excluding hydrogens is 142 g/mol. The first-order valence-electron chi connectivity index (χ1n) is 3.59. The van der Waals surface area contributed by atoms with Crippen LogP contribution in [0.2, 0.25) is 0 Å². The van der Waals surface area contributed by atoms with Gasteiger partial charge in [0.1, 0.15) is 0 Å². The molecule has 0 aliphatic carbocycles. The molecule has 1 nitrogen and oxygen atoms in total. The SMILES string of the molecule is CCC=N/C=C(\S)C(C)C. The van der Waals surface area contributed by atoms with Crippen molar-refractivity contribution in [3.05, 3.63) is 11.1 Å². The molecular formula is C8H15NS. The predicted octanol–water partition coefficient (Wildman–Crippen LogP) is 2.89. The Bertz CT molecular complexity index is 136. The molecule has 0 aromatic rings. The maximum absolute atomic E-state index is 4.25. The maximum atomic E-state index is 4.25. The molecule has 0 saturated carbocycles. The fourth-order valence-electron chi connectivity index (χ4n) is 0.384. The van der Waals surface area contributed by atoms with Gasteiger partial charge in [-0.25, -0.2) is 0 Å². The summed E-state index contributed by atoms with van der Waals surface area (Å²) >= 11 is 4.25. The molecule has 0 aliphatic heterocycles. The van der Waals surface area contributed by atoms with E-state index in [-0.39, 0.29) is 0 Å². The first kappa shape index (κ1) is 9.76. The van der Waals surface area contributed by atoms with Crippen molar-refractivity contribution in [1.82, 2.24) is 0 Å². The highest BCUT2D eigenvalue weighted by atomic mass is 32.1. The van der Waals surface area contributed by atoms with Gasteiger partial charge in [0.25, 0.3) is 0 Å². The van der Waals surface area contributed by atoms with Crippen molar-refractivity contribution in [3.63, 3.8) is 0 Å². The molecule has 2 heteroatoms. The van der Waals surface area contributed by atoms with E-state index in [0.29, 0.717) is 5.92 Å². The molecule has 0 radical (unpaired) electrons. The second-order valence-corrected chi connectivity index (χ2v) is 2.96. The van der Waals surface area contributed by atoms with Gasteiger partial charge in [-0.3, -0.25) is 4.99 Å². The highest BCUT2D eigenvalue weighted by Gasteiger charge is 1.93. The van der Waals surface area contributed by atoms with Crippen molar-refractivity contribution in [2.45, 2.75) is 27.2 Å². The second-order valence-electron chi connectivity index (χ2n) is 2.45. The summed E-state index contributed by atoms with van der Waals surface area (Å²) in [5, 5.41) is 0. The van der Waals surface area contributed by atoms with Gasteiger partial charge in [0, 0.05) is 17.3 Å². The lowest BCUT2D eigenvalue weighted by atomic mass is 10.2. The Morgan fingerprint density at radius 2 is 2.20 bits per heavy atom. The lowest BCUT2D eigenvalue weighted by molar-refractivity contribution is 0.815. The molecule has 0 amide bonds. The van der Waals surface area contributed by atoms with E-state index in [4.69, 9.17) is 0 Å². The van der Waals surface area contributed by atoms with E-state index >= 15 is 0 Å². The maximum Gasteiger partial charge on any atom is 0.0359 e. The Morgan fingerprint density at radius 3 is 2.60 bits per heavy atom. The van der Waals surface area contributed by atoms with Crippen LogP contribution in [0.3, 0.4) is 0 Å². The van der Waals surface area contributed by atoms with Crippen molar-refractivity contribution in [2.24, 2.45) is 10.9 Å². The number of hydrogen-bond donors (Lipinski definition) is 1. The van der Waals surface area contributed by atoms with E-state index in [2.05, 4.69) is 38.4 Å². The van der Waals surface area contributed by atoms with E-state index < -0.39 is 0 Å². The smallest absolute Gasteiger partial charge is 0.0359 e. The summed E-state index contributed by atoms with van der Waals surface area (Å²) in [6.07, 6.45) is 4.66. The number of rotatable bonds is 3. The normalized spacial score (nSPS) is 13.5. The zero-order valence-corrected chi connectivity index (χ0v) is 7.73. The van der Waals surface area contributed by atoms with Crippen LogP contribution in [-0.4, -0.2) is 6.21 Å². The molecule has 58 valence electrons. The van der Waals surface area contributed by atoms with Gasteiger partial charge in [-0.05, 0) is 12.3 Å². The highest BCUT2D eigenvalue weighted by Crippen LogP contribution is 2.12. The zero-order chi connectivity index (χ0) is 7.98. The third kappa shape index (κ3) is 4.62. The van der Waals surface area contributed by atoms with Gasteiger partial charge in [-0.2, -0.15) is 0 Å². The Labute approximate surface area is 68.7 Å². The van der Waals surface area contributed by atoms with Crippen molar-refractivity contribution >= 4 is 18.8 Å². The monoisotopic (exact) mass is 157 g/mol. The molecule has 0 unspecified atom stereocenters. The molecule has 0 saturated heterocycles. The number of hydrogen-bond acceptors (Lipinski definition) is 2. The van der Waals surface area contributed by atoms with Crippen molar-refractivity contribution in [1.29, 1.82) is 0 Å². The topological polar surface area (TPSA) is 12.4 Å². The number of nitrogens with zero attached hydrogens (tertiary/aromatic N) is 1. The van der Waals surface area contributed by atoms with Crippen LogP contribution in [0.25, 0.3) is 0 Å². The molecule has 0 bridgehead atoms. The first-order valence-corrected chi connectivity index (χ1v) is 4.03. The fourth-order valence-corrected chi connectivity index (χ4v) is 0.450. The largest absolute Gasteiger partial charge is 0.268 e. The summed E-state index contributed by atoms with van der Waals surface area (Å²) in [5.74, 6) is 0.484. The van der Waals surface area contributed by atoms with Gasteiger partial charge in [0.2, 0.25) is 0 Å². The molecule has 0 atom stereocenters. The van der Waals surface area contributed by atoms with Gasteiger partial charge in [-0.1, -0.05) is 20.8 Å². The van der Waals surface area contributed by atoms with E-state index in [1.807, 2.05) is 6.21 Å². The summed E-state index contributed by atoms with van der Waals surface area (Å²) < 4.78 is 0. The molecule has 0 rings (SSSR count). The zero-order valence-electron chi connectivity index (χ0n) is 6.83. The third-order valence-electron chi connectivity index (χ3n) is 1.09. The van der Waals surface area contributed by atoms with Crippen LogP contribution in [0.4, 0.5) is 0 Å². The molecule has 0 spiro atoms. The Kier molecular flexibility index (Phi) is 5.40. The van der Waals surface area contributed by atoms with E-state index in [1.54, 1.807) is 6.20 Å². The summed E-state index contributed by atoms with van der Waals surface area (Å²) in [5.41, 5.74) is 0. The standard InChI is InChI=1S/C8H15NS/c1-4-5-9-6-8(10)7(2)3/h5-7,10H,4H2,1-3H3/b8-6-,9-5?. The average Bonchev–Trinajstić information content (AvgIpc) is 1.88. The van der Waals surface area contributed by atoms with Gasteiger partial charge in [0.05, 0.1) is 0 Å².